The van der Waals surface area contributed by atoms with E-state index in [4.69, 9.17) is 0 Å². The maximum atomic E-state index is 12.2. The molecule has 0 radical (unpaired) electrons. The normalized spacial score (nSPS) is 18.7. The highest BCUT2D eigenvalue weighted by Gasteiger charge is 2.42. The number of nitro groups is 1. The van der Waals surface area contributed by atoms with Crippen molar-refractivity contribution >= 4 is 5.69 Å². The van der Waals surface area contributed by atoms with Crippen molar-refractivity contribution in [2.75, 3.05) is 0 Å². The summed E-state index contributed by atoms with van der Waals surface area (Å²) in [5.41, 5.74) is 1.59. The number of rotatable bonds is 5. The van der Waals surface area contributed by atoms with Gasteiger partial charge in [0.05, 0.1) is 10.6 Å². The molecule has 0 saturated heterocycles. The molecule has 28 heavy (non-hydrogen) atoms. The molecule has 4 rings (SSSR count). The van der Waals surface area contributed by atoms with Crippen molar-refractivity contribution in [3.05, 3.63) is 76.4 Å². The molecule has 1 aliphatic rings. The van der Waals surface area contributed by atoms with Gasteiger partial charge in [-0.15, -0.1) is 13.2 Å². The third-order valence-corrected chi connectivity index (χ3v) is 4.50. The second-order valence-corrected chi connectivity index (χ2v) is 6.39. The third kappa shape index (κ3) is 3.80. The predicted molar refractivity (Wildman–Crippen MR) is 91.2 cm³/mol. The summed E-state index contributed by atoms with van der Waals surface area (Å²) in [5, 5.41) is 15.1. The highest BCUT2D eigenvalue weighted by Crippen LogP contribution is 2.53. The van der Waals surface area contributed by atoms with Gasteiger partial charge in [-0.3, -0.25) is 10.1 Å². The minimum Gasteiger partial charge on any atom is -0.406 e. The van der Waals surface area contributed by atoms with Crippen LogP contribution in [0.3, 0.4) is 0 Å². The summed E-state index contributed by atoms with van der Waals surface area (Å²) in [6.07, 6.45) is -2.40. The molecule has 0 amide bonds. The van der Waals surface area contributed by atoms with Gasteiger partial charge in [0.25, 0.3) is 5.69 Å². The fraction of sp³-hybridized carbons (Fsp3) is 0.222. The Morgan fingerprint density at radius 2 is 1.75 bits per heavy atom. The largest absolute Gasteiger partial charge is 0.573 e. The number of nitrogens with zero attached hydrogens (tertiary/aromatic N) is 4. The van der Waals surface area contributed by atoms with Gasteiger partial charge in [-0.25, -0.2) is 9.67 Å². The van der Waals surface area contributed by atoms with Crippen LogP contribution in [-0.4, -0.2) is 26.1 Å². The molecular weight excluding hydrogens is 377 g/mol. The van der Waals surface area contributed by atoms with E-state index in [2.05, 4.69) is 14.8 Å². The van der Waals surface area contributed by atoms with Crippen LogP contribution in [0, 0.1) is 10.1 Å². The van der Waals surface area contributed by atoms with Gasteiger partial charge in [0.1, 0.15) is 12.1 Å². The zero-order valence-electron chi connectivity index (χ0n) is 14.2. The Morgan fingerprint density at radius 3 is 2.36 bits per heavy atom. The number of benzene rings is 2. The third-order valence-electron chi connectivity index (χ3n) is 4.50. The minimum absolute atomic E-state index is 0.0429. The number of non-ortho nitro benzene ring substituents is 1. The Hall–Kier alpha value is -3.43. The number of hydrogen-bond acceptors (Lipinski definition) is 5. The first-order valence-corrected chi connectivity index (χ1v) is 8.32. The van der Waals surface area contributed by atoms with Gasteiger partial charge >= 0.3 is 6.36 Å². The van der Waals surface area contributed by atoms with Crippen molar-refractivity contribution in [2.45, 2.75) is 24.6 Å². The van der Waals surface area contributed by atoms with Gasteiger partial charge in [0.15, 0.2) is 5.82 Å². The Labute approximate surface area is 156 Å². The van der Waals surface area contributed by atoms with Crippen molar-refractivity contribution in [2.24, 2.45) is 0 Å². The Bertz CT molecular complexity index is 1000. The molecule has 1 saturated carbocycles. The number of hydrogen-bond donors (Lipinski definition) is 0. The van der Waals surface area contributed by atoms with Crippen LogP contribution in [0.1, 0.15) is 29.6 Å². The molecule has 0 spiro atoms. The van der Waals surface area contributed by atoms with Crippen LogP contribution in [0.2, 0.25) is 0 Å². The first kappa shape index (κ1) is 18.0. The van der Waals surface area contributed by atoms with E-state index in [0.717, 1.165) is 12.0 Å². The Morgan fingerprint density at radius 1 is 1.07 bits per heavy atom. The van der Waals surface area contributed by atoms with Crippen LogP contribution in [-0.2, 0) is 0 Å². The van der Waals surface area contributed by atoms with E-state index in [-0.39, 0.29) is 23.3 Å². The first-order valence-electron chi connectivity index (χ1n) is 8.32. The predicted octanol–water partition coefficient (Wildman–Crippen LogP) is 4.35. The lowest BCUT2D eigenvalue weighted by Crippen LogP contribution is -2.17. The first-order chi connectivity index (χ1) is 13.3. The van der Waals surface area contributed by atoms with E-state index in [9.17, 15) is 23.3 Å². The summed E-state index contributed by atoms with van der Waals surface area (Å²) in [6, 6.07) is 11.8. The number of ether oxygens (including phenoxy) is 1. The van der Waals surface area contributed by atoms with Crippen molar-refractivity contribution in [3.8, 4) is 11.4 Å². The summed E-state index contributed by atoms with van der Waals surface area (Å²) in [6.45, 7) is 0. The number of alkyl halides is 3. The van der Waals surface area contributed by atoms with E-state index in [1.165, 1.54) is 47.4 Å². The minimum atomic E-state index is -4.74. The summed E-state index contributed by atoms with van der Waals surface area (Å²) in [7, 11) is 0. The van der Waals surface area contributed by atoms with Gasteiger partial charge in [-0.05, 0) is 42.2 Å². The SMILES string of the molecule is O=[N+]([O-])c1ccc([C@@H]2CC2c2ncn(-c3ccc(OC(F)(F)F)cc3)n2)cc1. The van der Waals surface area contributed by atoms with Gasteiger partial charge in [-0.2, -0.15) is 5.10 Å². The smallest absolute Gasteiger partial charge is 0.406 e. The van der Waals surface area contributed by atoms with Crippen LogP contribution >= 0.6 is 0 Å². The molecule has 10 heteroatoms. The average molecular weight is 390 g/mol. The maximum absolute atomic E-state index is 12.2. The molecule has 3 aromatic rings. The lowest BCUT2D eigenvalue weighted by molar-refractivity contribution is -0.384. The summed E-state index contributed by atoms with van der Waals surface area (Å²) >= 11 is 0. The maximum Gasteiger partial charge on any atom is 0.573 e. The molecule has 1 heterocycles. The van der Waals surface area contributed by atoms with E-state index >= 15 is 0 Å². The van der Waals surface area contributed by atoms with Crippen LogP contribution in [0.25, 0.3) is 5.69 Å². The topological polar surface area (TPSA) is 83.1 Å². The zero-order valence-corrected chi connectivity index (χ0v) is 14.2. The summed E-state index contributed by atoms with van der Waals surface area (Å²) in [5.74, 6) is 0.616. The summed E-state index contributed by atoms with van der Waals surface area (Å²) in [4.78, 5) is 14.6. The van der Waals surface area contributed by atoms with Crippen LogP contribution in [0.5, 0.6) is 5.75 Å². The van der Waals surface area contributed by atoms with E-state index in [1.807, 2.05) is 0 Å². The molecule has 144 valence electrons. The fourth-order valence-electron chi connectivity index (χ4n) is 3.06. The number of aromatic nitrogens is 3. The highest BCUT2D eigenvalue weighted by atomic mass is 19.4. The zero-order chi connectivity index (χ0) is 19.9. The molecule has 1 aliphatic carbocycles. The second kappa shape index (κ2) is 6.63. The van der Waals surface area contributed by atoms with Crippen molar-refractivity contribution < 1.29 is 22.8 Å². The second-order valence-electron chi connectivity index (χ2n) is 6.39. The van der Waals surface area contributed by atoms with Crippen molar-refractivity contribution in [3.63, 3.8) is 0 Å². The lowest BCUT2D eigenvalue weighted by atomic mass is 10.1. The van der Waals surface area contributed by atoms with E-state index in [1.54, 1.807) is 12.1 Å². The number of halogens is 3. The fourth-order valence-corrected chi connectivity index (χ4v) is 3.06. The monoisotopic (exact) mass is 390 g/mol. The van der Waals surface area contributed by atoms with E-state index < -0.39 is 11.3 Å². The molecule has 0 N–H and O–H groups in total. The molecule has 1 unspecified atom stereocenters. The molecule has 0 aliphatic heterocycles. The molecule has 2 aromatic carbocycles. The lowest BCUT2D eigenvalue weighted by Gasteiger charge is -2.09. The molecule has 1 fully saturated rings. The average Bonchev–Trinajstić information content (AvgIpc) is 3.30. The molecule has 7 nitrogen and oxygen atoms in total. The molecule has 0 bridgehead atoms. The Kier molecular flexibility index (Phi) is 4.25. The highest BCUT2D eigenvalue weighted by molar-refractivity contribution is 5.39. The molecular formula is C18H13F3N4O3. The van der Waals surface area contributed by atoms with E-state index in [0.29, 0.717) is 11.5 Å². The van der Waals surface area contributed by atoms with Gasteiger partial charge in [0.2, 0.25) is 0 Å². The van der Waals surface area contributed by atoms with Gasteiger partial charge in [0, 0.05) is 18.1 Å². The van der Waals surface area contributed by atoms with Crippen LogP contribution in [0.4, 0.5) is 18.9 Å². The van der Waals surface area contributed by atoms with Crippen LogP contribution < -0.4 is 4.74 Å². The van der Waals surface area contributed by atoms with Crippen molar-refractivity contribution in [1.29, 1.82) is 0 Å². The number of nitro benzene ring substituents is 1. The van der Waals surface area contributed by atoms with Gasteiger partial charge < -0.3 is 4.74 Å². The van der Waals surface area contributed by atoms with Gasteiger partial charge in [-0.1, -0.05) is 12.1 Å². The quantitative estimate of drug-likeness (QED) is 0.478. The van der Waals surface area contributed by atoms with Crippen molar-refractivity contribution in [1.82, 2.24) is 14.8 Å². The Balaban J connectivity index is 1.44. The standard InChI is InChI=1S/C18H13F3N4O3/c19-18(20,21)28-14-7-5-12(6-8-14)24-10-22-17(23-24)16-9-15(16)11-1-3-13(4-2-11)25(26)27/h1-8,10,15-16H,9H2/t15-,16?/m0/s1. The molecule has 2 atom stereocenters. The van der Waals surface area contributed by atoms with Crippen LogP contribution in [0.15, 0.2) is 54.9 Å². The summed E-state index contributed by atoms with van der Waals surface area (Å²) < 4.78 is 42.0. The molecule has 1 aromatic heterocycles.